The molecule has 0 aromatic heterocycles. The number of rotatable bonds is 14. The van der Waals surface area contributed by atoms with E-state index in [1.54, 1.807) is 0 Å². The van der Waals surface area contributed by atoms with E-state index in [9.17, 15) is 30.7 Å². The Morgan fingerprint density at radius 3 is 2.28 bits per heavy atom. The maximum Gasteiger partial charge on any atom is 0.397 e. The highest BCUT2D eigenvalue weighted by Crippen LogP contribution is 2.69. The molecule has 3 unspecified atom stereocenters. The SMILES string of the molecule is CC(C)[C@@H](CC[C@@H](C)[C@H]1CCC2C3C(CC[C@@]21C)[C@@]1(C)CC[C@H](NCCCN2CCCC2=O)C[C@@H]1C[C@H]3OS(=O)(=O)O)OS(=O)(=O)O. The first-order chi connectivity index (χ1) is 21.9. The van der Waals surface area contributed by atoms with Crippen molar-refractivity contribution in [2.75, 3.05) is 19.6 Å². The van der Waals surface area contributed by atoms with Crippen molar-refractivity contribution in [3.63, 3.8) is 0 Å². The van der Waals surface area contributed by atoms with Crippen molar-refractivity contribution in [2.24, 2.45) is 52.3 Å². The van der Waals surface area contributed by atoms with Crippen molar-refractivity contribution in [3.8, 4) is 0 Å². The molecule has 1 saturated heterocycles. The maximum absolute atomic E-state index is 12.3. The fourth-order valence-electron chi connectivity index (χ4n) is 11.4. The molecule has 1 amide bonds. The Balaban J connectivity index is 1.26. The standard InChI is InChI=1S/C34H60N2O9S2/c1-22(2)29(44-46(38,39)40)12-9-23(3)26-10-11-27-32-28(14-16-34(26,27)5)33(4)15-13-25(20-24(33)21-30(32)45-47(41,42)43)35-17-7-19-36-18-6-8-31(36)37/h22-30,32,35H,6-21H2,1-5H3,(H,38,39,40)(H,41,42,43)/t23-,24-,25+,26-,27?,28?,29-,30-,32?,33+,34-/m1/s1. The Hall–Kier alpha value is -0.830. The summed E-state index contributed by atoms with van der Waals surface area (Å²) in [6.07, 6.45) is 10.5. The van der Waals surface area contributed by atoms with Crippen LogP contribution >= 0.6 is 0 Å². The van der Waals surface area contributed by atoms with Gasteiger partial charge >= 0.3 is 20.8 Å². The summed E-state index contributed by atoms with van der Waals surface area (Å²) in [5, 5.41) is 3.74. The van der Waals surface area contributed by atoms with Crippen molar-refractivity contribution in [2.45, 2.75) is 136 Å². The Bertz CT molecular complexity index is 1330. The number of carbonyl (C=O) groups is 1. The summed E-state index contributed by atoms with van der Waals surface area (Å²) in [5.74, 6) is 1.81. The van der Waals surface area contributed by atoms with Crippen LogP contribution in [-0.4, -0.2) is 74.6 Å². The number of hydrogen-bond acceptors (Lipinski definition) is 8. The summed E-state index contributed by atoms with van der Waals surface area (Å²) < 4.78 is 77.3. The van der Waals surface area contributed by atoms with Gasteiger partial charge in [-0.15, -0.1) is 0 Å². The van der Waals surface area contributed by atoms with E-state index in [0.29, 0.717) is 43.1 Å². The monoisotopic (exact) mass is 704 g/mol. The molecule has 5 aliphatic rings. The van der Waals surface area contributed by atoms with Crippen molar-refractivity contribution in [1.29, 1.82) is 0 Å². The lowest BCUT2D eigenvalue weighted by atomic mass is 9.43. The fraction of sp³-hybridized carbons (Fsp3) is 0.971. The number of nitrogens with one attached hydrogen (secondary N) is 1. The first kappa shape index (κ1) is 37.4. The zero-order valence-electron chi connectivity index (χ0n) is 29.1. The van der Waals surface area contributed by atoms with Crippen LogP contribution in [0.3, 0.4) is 0 Å². The minimum absolute atomic E-state index is 0.0165. The second kappa shape index (κ2) is 14.4. The molecule has 3 N–H and O–H groups in total. The highest BCUT2D eigenvalue weighted by atomic mass is 32.3. The summed E-state index contributed by atoms with van der Waals surface area (Å²) in [4.78, 5) is 13.9. The zero-order valence-corrected chi connectivity index (χ0v) is 30.7. The lowest BCUT2D eigenvalue weighted by Gasteiger charge is -2.63. The second-order valence-electron chi connectivity index (χ2n) is 16.6. The van der Waals surface area contributed by atoms with Gasteiger partial charge in [-0.1, -0.05) is 34.6 Å². The number of nitrogens with zero attached hydrogens (tertiary/aromatic N) is 1. The third-order valence-electron chi connectivity index (χ3n) is 13.8. The summed E-state index contributed by atoms with van der Waals surface area (Å²) in [5.41, 5.74) is 0.0594. The van der Waals surface area contributed by atoms with Crippen LogP contribution in [0.5, 0.6) is 0 Å². The number of likely N-dealkylation sites (tertiary alicyclic amines) is 1. The van der Waals surface area contributed by atoms with Crippen LogP contribution in [0.15, 0.2) is 0 Å². The molecule has 0 bridgehead atoms. The van der Waals surface area contributed by atoms with Gasteiger partial charge in [-0.3, -0.25) is 13.9 Å². The normalized spacial score (nSPS) is 39.0. The molecule has 4 saturated carbocycles. The van der Waals surface area contributed by atoms with Crippen LogP contribution in [0.2, 0.25) is 0 Å². The van der Waals surface area contributed by atoms with Crippen molar-refractivity contribution in [1.82, 2.24) is 10.2 Å². The van der Waals surface area contributed by atoms with Crippen molar-refractivity contribution < 1.29 is 39.1 Å². The molecule has 0 aromatic carbocycles. The van der Waals surface area contributed by atoms with Crippen molar-refractivity contribution in [3.05, 3.63) is 0 Å². The van der Waals surface area contributed by atoms with Gasteiger partial charge in [0, 0.05) is 25.6 Å². The largest absolute Gasteiger partial charge is 0.397 e. The quantitative estimate of drug-likeness (QED) is 0.152. The van der Waals surface area contributed by atoms with Crippen LogP contribution in [0.4, 0.5) is 0 Å². The molecule has 5 rings (SSSR count). The highest BCUT2D eigenvalue weighted by molar-refractivity contribution is 7.81. The van der Waals surface area contributed by atoms with Gasteiger partial charge in [-0.2, -0.15) is 16.8 Å². The molecule has 13 heteroatoms. The predicted octanol–water partition coefficient (Wildman–Crippen LogP) is 5.67. The third-order valence-corrected chi connectivity index (χ3v) is 14.7. The van der Waals surface area contributed by atoms with Gasteiger partial charge in [-0.05, 0) is 136 Å². The van der Waals surface area contributed by atoms with Crippen molar-refractivity contribution >= 4 is 26.7 Å². The molecular weight excluding hydrogens is 645 g/mol. The van der Waals surface area contributed by atoms with Gasteiger partial charge in [0.25, 0.3) is 0 Å². The van der Waals surface area contributed by atoms with E-state index in [1.807, 2.05) is 18.7 Å². The molecule has 0 radical (unpaired) electrons. The second-order valence-corrected chi connectivity index (χ2v) is 18.7. The molecule has 11 atom stereocenters. The predicted molar refractivity (Wildman–Crippen MR) is 179 cm³/mol. The van der Waals surface area contributed by atoms with Gasteiger partial charge in [0.1, 0.15) is 0 Å². The molecular formula is C34H60N2O9S2. The average molecular weight is 705 g/mol. The summed E-state index contributed by atoms with van der Waals surface area (Å²) in [7, 11) is -9.16. The minimum Gasteiger partial charge on any atom is -0.343 e. The van der Waals surface area contributed by atoms with Gasteiger partial charge in [0.2, 0.25) is 5.91 Å². The molecule has 1 aliphatic heterocycles. The van der Waals surface area contributed by atoms with Crippen LogP contribution < -0.4 is 5.32 Å². The Labute approximate surface area is 283 Å². The lowest BCUT2D eigenvalue weighted by molar-refractivity contribution is -0.160. The van der Waals surface area contributed by atoms with Gasteiger partial charge in [0.05, 0.1) is 12.2 Å². The number of fused-ring (bicyclic) bond motifs is 5. The number of carbonyl (C=O) groups excluding carboxylic acids is 1. The minimum atomic E-state index is -4.63. The highest BCUT2D eigenvalue weighted by Gasteiger charge is 2.63. The first-order valence-corrected chi connectivity index (χ1v) is 21.0. The van der Waals surface area contributed by atoms with Gasteiger partial charge in [-0.25, -0.2) is 8.37 Å². The third kappa shape index (κ3) is 8.39. The smallest absolute Gasteiger partial charge is 0.343 e. The van der Waals surface area contributed by atoms with E-state index in [2.05, 4.69) is 26.1 Å². The molecule has 47 heavy (non-hydrogen) atoms. The van der Waals surface area contributed by atoms with Gasteiger partial charge in [0.15, 0.2) is 0 Å². The molecule has 272 valence electrons. The Kier molecular flexibility index (Phi) is 11.5. The van der Waals surface area contributed by atoms with E-state index >= 15 is 0 Å². The molecule has 5 fully saturated rings. The van der Waals surface area contributed by atoms with Crippen LogP contribution in [0.1, 0.15) is 118 Å². The van der Waals surface area contributed by atoms with Gasteiger partial charge < -0.3 is 10.2 Å². The van der Waals surface area contributed by atoms with E-state index in [0.717, 1.165) is 83.8 Å². The fourth-order valence-corrected chi connectivity index (χ4v) is 12.6. The van der Waals surface area contributed by atoms with Crippen LogP contribution in [-0.2, 0) is 34.0 Å². The first-order valence-electron chi connectivity index (χ1n) is 18.2. The number of amides is 1. The molecule has 4 aliphatic carbocycles. The average Bonchev–Trinajstić information content (AvgIpc) is 3.54. The summed E-state index contributed by atoms with van der Waals surface area (Å²) in [6, 6.07) is 0.343. The topological polar surface area (TPSA) is 160 Å². The lowest BCUT2D eigenvalue weighted by Crippen LogP contribution is -2.60. The number of hydrogen-bond donors (Lipinski definition) is 3. The molecule has 11 nitrogen and oxygen atoms in total. The van der Waals surface area contributed by atoms with E-state index in [1.165, 1.54) is 0 Å². The Morgan fingerprint density at radius 2 is 1.64 bits per heavy atom. The molecule has 1 heterocycles. The van der Waals surface area contributed by atoms with Crippen LogP contribution in [0.25, 0.3) is 0 Å². The maximum atomic E-state index is 12.3. The zero-order chi connectivity index (χ0) is 34.4. The molecule has 0 spiro atoms. The Morgan fingerprint density at radius 1 is 0.936 bits per heavy atom. The van der Waals surface area contributed by atoms with Crippen LogP contribution in [0, 0.1) is 52.3 Å². The van der Waals surface area contributed by atoms with E-state index in [4.69, 9.17) is 8.37 Å². The van der Waals surface area contributed by atoms with E-state index in [-0.39, 0.29) is 40.4 Å². The summed E-state index contributed by atoms with van der Waals surface area (Å²) in [6.45, 7) is 13.3. The summed E-state index contributed by atoms with van der Waals surface area (Å²) >= 11 is 0. The molecule has 0 aromatic rings. The van der Waals surface area contributed by atoms with E-state index < -0.39 is 33.0 Å².